The predicted molar refractivity (Wildman–Crippen MR) is 68.2 cm³/mol. The van der Waals surface area contributed by atoms with E-state index in [0.717, 1.165) is 18.6 Å². The molecule has 0 amide bonds. The number of hydrogen-bond donors (Lipinski definition) is 2. The molecule has 0 fully saturated rings. The molecule has 0 radical (unpaired) electrons. The Morgan fingerprint density at radius 2 is 2.24 bits per heavy atom. The van der Waals surface area contributed by atoms with Crippen LogP contribution in [-0.2, 0) is 12.8 Å². The lowest BCUT2D eigenvalue weighted by molar-refractivity contribution is -0.0207. The first kappa shape index (κ1) is 12.4. The van der Waals surface area contributed by atoms with Gasteiger partial charge in [0.25, 0.3) is 0 Å². The summed E-state index contributed by atoms with van der Waals surface area (Å²) < 4.78 is 5.23. The molecule has 3 heteroatoms. The number of hydrogen-bond acceptors (Lipinski definition) is 3. The maximum absolute atomic E-state index is 10.6. The second-order valence-corrected chi connectivity index (χ2v) is 5.05. The zero-order valence-corrected chi connectivity index (χ0v) is 10.6. The van der Waals surface area contributed by atoms with Gasteiger partial charge in [0.15, 0.2) is 0 Å². The fourth-order valence-electron chi connectivity index (χ4n) is 2.55. The summed E-state index contributed by atoms with van der Waals surface area (Å²) in [7, 11) is 1.67. The van der Waals surface area contributed by atoms with Crippen LogP contribution in [0.15, 0.2) is 18.2 Å². The third-order valence-corrected chi connectivity index (χ3v) is 4.01. The Morgan fingerprint density at radius 3 is 2.88 bits per heavy atom. The van der Waals surface area contributed by atoms with Crippen LogP contribution < -0.4 is 10.5 Å². The molecule has 0 aromatic heterocycles. The van der Waals surface area contributed by atoms with Crippen molar-refractivity contribution in [3.05, 3.63) is 29.3 Å². The molecule has 3 N–H and O–H groups in total. The van der Waals surface area contributed by atoms with Gasteiger partial charge in [0.1, 0.15) is 5.75 Å². The topological polar surface area (TPSA) is 55.5 Å². The molecule has 17 heavy (non-hydrogen) atoms. The van der Waals surface area contributed by atoms with E-state index in [4.69, 9.17) is 10.5 Å². The molecule has 2 atom stereocenters. The highest BCUT2D eigenvalue weighted by molar-refractivity contribution is 5.38. The van der Waals surface area contributed by atoms with Gasteiger partial charge in [-0.25, -0.2) is 0 Å². The van der Waals surface area contributed by atoms with Gasteiger partial charge in [0.05, 0.1) is 12.7 Å². The number of methoxy groups -OCH3 is 1. The first-order valence-corrected chi connectivity index (χ1v) is 6.17. The summed E-state index contributed by atoms with van der Waals surface area (Å²) in [6.45, 7) is 2.54. The lowest BCUT2D eigenvalue weighted by Crippen LogP contribution is -2.45. The molecular weight excluding hydrogens is 214 g/mol. The lowest BCUT2D eigenvalue weighted by atomic mass is 9.74. The summed E-state index contributed by atoms with van der Waals surface area (Å²) in [5, 5.41) is 10.6. The van der Waals surface area contributed by atoms with Crippen molar-refractivity contribution in [1.82, 2.24) is 0 Å². The third kappa shape index (κ3) is 2.31. The molecule has 0 saturated heterocycles. The summed E-state index contributed by atoms with van der Waals surface area (Å²) in [5.41, 5.74) is 7.53. The molecule has 0 heterocycles. The Morgan fingerprint density at radius 1 is 1.47 bits per heavy atom. The number of fused-ring (bicyclic) bond motifs is 1. The van der Waals surface area contributed by atoms with Gasteiger partial charge in [-0.2, -0.15) is 0 Å². The van der Waals surface area contributed by atoms with Gasteiger partial charge < -0.3 is 15.6 Å². The van der Waals surface area contributed by atoms with Crippen molar-refractivity contribution in [2.24, 2.45) is 11.7 Å². The molecule has 3 nitrogen and oxygen atoms in total. The Labute approximate surface area is 103 Å². The fraction of sp³-hybridized carbons (Fsp3) is 0.571. The second-order valence-electron chi connectivity index (χ2n) is 5.05. The van der Waals surface area contributed by atoms with Crippen molar-refractivity contribution < 1.29 is 9.84 Å². The van der Waals surface area contributed by atoms with E-state index in [-0.39, 0.29) is 5.92 Å². The van der Waals surface area contributed by atoms with Crippen LogP contribution in [0.5, 0.6) is 5.75 Å². The van der Waals surface area contributed by atoms with Crippen molar-refractivity contribution in [2.45, 2.75) is 31.8 Å². The molecule has 2 rings (SSSR count). The maximum Gasteiger partial charge on any atom is 0.119 e. The first-order chi connectivity index (χ1) is 8.09. The van der Waals surface area contributed by atoms with Crippen LogP contribution in [0, 0.1) is 5.92 Å². The van der Waals surface area contributed by atoms with E-state index in [9.17, 15) is 5.11 Å². The average Bonchev–Trinajstić information content (AvgIpc) is 2.36. The minimum absolute atomic E-state index is 0.127. The van der Waals surface area contributed by atoms with Crippen molar-refractivity contribution in [2.75, 3.05) is 13.7 Å². The molecule has 1 aliphatic rings. The van der Waals surface area contributed by atoms with Crippen molar-refractivity contribution >= 4 is 0 Å². The van der Waals surface area contributed by atoms with E-state index >= 15 is 0 Å². The summed E-state index contributed by atoms with van der Waals surface area (Å²) in [5.74, 6) is 0.982. The Balaban J connectivity index is 2.28. The first-order valence-electron chi connectivity index (χ1n) is 6.17. The van der Waals surface area contributed by atoms with Gasteiger partial charge in [0.2, 0.25) is 0 Å². The summed E-state index contributed by atoms with van der Waals surface area (Å²) in [6, 6.07) is 6.11. The van der Waals surface area contributed by atoms with Gasteiger partial charge in [-0.1, -0.05) is 13.0 Å². The standard InChI is InChI=1S/C14H21NO2/c1-10(9-15)14(16)6-5-11-3-4-13(17-2)7-12(11)8-14/h3-4,7,10,16H,5-6,8-9,15H2,1-2H3. The molecule has 1 aliphatic carbocycles. The largest absolute Gasteiger partial charge is 0.497 e. The quantitative estimate of drug-likeness (QED) is 0.835. The van der Waals surface area contributed by atoms with Gasteiger partial charge in [-0.15, -0.1) is 0 Å². The van der Waals surface area contributed by atoms with E-state index < -0.39 is 5.60 Å². The molecule has 94 valence electrons. The van der Waals surface area contributed by atoms with Gasteiger partial charge in [-0.3, -0.25) is 0 Å². The minimum Gasteiger partial charge on any atom is -0.497 e. The SMILES string of the molecule is COc1ccc2c(c1)CC(O)(C(C)CN)CC2. The van der Waals surface area contributed by atoms with E-state index in [1.165, 1.54) is 11.1 Å². The smallest absolute Gasteiger partial charge is 0.119 e. The predicted octanol–water partition coefficient (Wildman–Crippen LogP) is 1.51. The Bertz CT molecular complexity index is 405. The fourth-order valence-corrected chi connectivity index (χ4v) is 2.55. The van der Waals surface area contributed by atoms with Gasteiger partial charge in [0, 0.05) is 6.42 Å². The van der Waals surface area contributed by atoms with Crippen molar-refractivity contribution in [1.29, 1.82) is 0 Å². The van der Waals surface area contributed by atoms with Crippen LogP contribution in [0.4, 0.5) is 0 Å². The number of aliphatic hydroxyl groups is 1. The molecular formula is C14H21NO2. The number of aryl methyl sites for hydroxylation is 1. The van der Waals surface area contributed by atoms with Gasteiger partial charge in [-0.05, 0) is 48.6 Å². The van der Waals surface area contributed by atoms with E-state index in [0.29, 0.717) is 13.0 Å². The molecule has 1 aromatic carbocycles. The number of benzene rings is 1. The Kier molecular flexibility index (Phi) is 3.40. The molecule has 0 bridgehead atoms. The summed E-state index contributed by atoms with van der Waals surface area (Å²) in [4.78, 5) is 0. The highest BCUT2D eigenvalue weighted by Gasteiger charge is 2.36. The van der Waals surface area contributed by atoms with Crippen molar-refractivity contribution in [3.63, 3.8) is 0 Å². The van der Waals surface area contributed by atoms with E-state index in [2.05, 4.69) is 6.07 Å². The van der Waals surface area contributed by atoms with Crippen LogP contribution in [0.2, 0.25) is 0 Å². The molecule has 2 unspecified atom stereocenters. The van der Waals surface area contributed by atoms with Crippen molar-refractivity contribution in [3.8, 4) is 5.75 Å². The average molecular weight is 235 g/mol. The van der Waals surface area contributed by atoms with Crippen LogP contribution in [0.25, 0.3) is 0 Å². The van der Waals surface area contributed by atoms with Gasteiger partial charge >= 0.3 is 0 Å². The zero-order chi connectivity index (χ0) is 12.5. The highest BCUT2D eigenvalue weighted by Crippen LogP contribution is 2.35. The number of rotatable bonds is 3. The maximum atomic E-state index is 10.6. The Hall–Kier alpha value is -1.06. The molecule has 0 spiro atoms. The van der Waals surface area contributed by atoms with E-state index in [1.807, 2.05) is 19.1 Å². The zero-order valence-electron chi connectivity index (χ0n) is 10.6. The molecule has 1 aromatic rings. The second kappa shape index (κ2) is 4.67. The minimum atomic E-state index is -0.659. The molecule has 0 aliphatic heterocycles. The lowest BCUT2D eigenvalue weighted by Gasteiger charge is -2.38. The molecule has 0 saturated carbocycles. The number of ether oxygens (including phenoxy) is 1. The normalized spacial score (nSPS) is 25.2. The summed E-state index contributed by atoms with van der Waals surface area (Å²) >= 11 is 0. The van der Waals surface area contributed by atoms with Crippen LogP contribution in [0.3, 0.4) is 0 Å². The van der Waals surface area contributed by atoms with Crippen LogP contribution in [-0.4, -0.2) is 24.4 Å². The van der Waals surface area contributed by atoms with E-state index in [1.54, 1.807) is 7.11 Å². The third-order valence-electron chi connectivity index (χ3n) is 4.01. The van der Waals surface area contributed by atoms with Crippen LogP contribution in [0.1, 0.15) is 24.5 Å². The number of nitrogens with two attached hydrogens (primary N) is 1. The monoisotopic (exact) mass is 235 g/mol. The highest BCUT2D eigenvalue weighted by atomic mass is 16.5. The van der Waals surface area contributed by atoms with Crippen LogP contribution >= 0.6 is 0 Å². The summed E-state index contributed by atoms with van der Waals surface area (Å²) in [6.07, 6.45) is 2.39.